The Kier molecular flexibility index (Phi) is 8.06. The molecule has 182 valence electrons. The van der Waals surface area contributed by atoms with E-state index in [1.165, 1.54) is 42.6 Å². The molecule has 0 aliphatic carbocycles. The summed E-state index contributed by atoms with van der Waals surface area (Å²) in [6, 6.07) is 6.68. The number of amides is 1. The number of rotatable bonds is 10. The van der Waals surface area contributed by atoms with Crippen molar-refractivity contribution in [1.29, 1.82) is 0 Å². The monoisotopic (exact) mass is 486 g/mol. The van der Waals surface area contributed by atoms with Crippen molar-refractivity contribution < 1.29 is 19.2 Å². The molecular weight excluding hydrogens is 456 g/mol. The van der Waals surface area contributed by atoms with Crippen LogP contribution in [0.5, 0.6) is 11.5 Å². The van der Waals surface area contributed by atoms with Gasteiger partial charge in [0.1, 0.15) is 5.56 Å². The van der Waals surface area contributed by atoms with Gasteiger partial charge in [0.2, 0.25) is 0 Å². The quantitative estimate of drug-likeness (QED) is 0.299. The van der Waals surface area contributed by atoms with Crippen molar-refractivity contribution in [3.8, 4) is 11.5 Å². The Bertz CT molecular complexity index is 1210. The number of thiazole rings is 1. The highest BCUT2D eigenvalue weighted by Crippen LogP contribution is 2.37. The second kappa shape index (κ2) is 10.8. The maximum absolute atomic E-state index is 13.8. The van der Waals surface area contributed by atoms with E-state index in [0.29, 0.717) is 18.2 Å². The van der Waals surface area contributed by atoms with Gasteiger partial charge in [-0.1, -0.05) is 31.3 Å². The summed E-state index contributed by atoms with van der Waals surface area (Å²) < 4.78 is 11.5. The Morgan fingerprint density at radius 1 is 1.06 bits per heavy atom. The SMILES string of the molecule is CCN(CC)CCN(C(=O)c1cc(OC)c(OC)cc1[N+](=O)[O-])c1nc2c(C)cc(C)cc2s1. The number of likely N-dealkylation sites (N-methyl/N-ethyl adjacent to an activating group) is 1. The molecule has 0 atom stereocenters. The lowest BCUT2D eigenvalue weighted by Gasteiger charge is -2.25. The molecule has 0 saturated heterocycles. The van der Waals surface area contributed by atoms with Gasteiger partial charge in [-0.25, -0.2) is 4.98 Å². The molecule has 3 rings (SSSR count). The van der Waals surface area contributed by atoms with Gasteiger partial charge < -0.3 is 14.4 Å². The molecule has 0 aliphatic heterocycles. The minimum Gasteiger partial charge on any atom is -0.493 e. The zero-order valence-electron chi connectivity index (χ0n) is 20.4. The third-order valence-electron chi connectivity index (χ3n) is 5.76. The van der Waals surface area contributed by atoms with Gasteiger partial charge in [0.15, 0.2) is 16.6 Å². The molecule has 2 aromatic carbocycles. The molecule has 1 amide bonds. The molecule has 0 bridgehead atoms. The largest absolute Gasteiger partial charge is 0.493 e. The van der Waals surface area contributed by atoms with Gasteiger partial charge >= 0.3 is 0 Å². The van der Waals surface area contributed by atoms with Crippen LogP contribution in [0.1, 0.15) is 35.3 Å². The molecule has 1 heterocycles. The van der Waals surface area contributed by atoms with Crippen LogP contribution in [-0.4, -0.2) is 61.1 Å². The molecule has 0 spiro atoms. The summed E-state index contributed by atoms with van der Waals surface area (Å²) in [6.07, 6.45) is 0. The van der Waals surface area contributed by atoms with Crippen molar-refractivity contribution >= 4 is 38.3 Å². The van der Waals surface area contributed by atoms with Crippen LogP contribution < -0.4 is 14.4 Å². The number of ether oxygens (including phenoxy) is 2. The number of benzene rings is 2. The van der Waals surface area contributed by atoms with Gasteiger partial charge in [0.25, 0.3) is 11.6 Å². The van der Waals surface area contributed by atoms with Gasteiger partial charge in [0, 0.05) is 19.2 Å². The Hall–Kier alpha value is -3.24. The Morgan fingerprint density at radius 3 is 2.29 bits per heavy atom. The number of hydrogen-bond donors (Lipinski definition) is 0. The van der Waals surface area contributed by atoms with Crippen molar-refractivity contribution in [3.63, 3.8) is 0 Å². The molecule has 9 nitrogen and oxygen atoms in total. The van der Waals surface area contributed by atoms with E-state index in [2.05, 4.69) is 18.7 Å². The summed E-state index contributed by atoms with van der Waals surface area (Å²) in [5.41, 5.74) is 2.54. The average molecular weight is 487 g/mol. The van der Waals surface area contributed by atoms with Crippen molar-refractivity contribution in [2.24, 2.45) is 0 Å². The van der Waals surface area contributed by atoms with Gasteiger partial charge in [-0.05, 0) is 44.1 Å². The molecule has 1 aromatic heterocycles. The van der Waals surface area contributed by atoms with Gasteiger partial charge in [-0.15, -0.1) is 0 Å². The van der Waals surface area contributed by atoms with Crippen LogP contribution in [0, 0.1) is 24.0 Å². The molecular formula is C24H30N4O5S. The molecule has 0 fully saturated rings. The predicted octanol–water partition coefficient (Wildman–Crippen LogP) is 4.83. The standard InChI is InChI=1S/C24H30N4O5S/c1-7-26(8-2)9-10-27(24-25-22-16(4)11-15(3)12-21(22)34-24)23(29)17-13-19(32-5)20(33-6)14-18(17)28(30)31/h11-14H,7-10H2,1-6H3. The van der Waals surface area contributed by atoms with Crippen LogP contribution in [0.15, 0.2) is 24.3 Å². The number of nitrogens with zero attached hydrogens (tertiary/aromatic N) is 4. The summed E-state index contributed by atoms with van der Waals surface area (Å²) in [5.74, 6) is -0.0734. The molecule has 34 heavy (non-hydrogen) atoms. The summed E-state index contributed by atoms with van der Waals surface area (Å²) >= 11 is 1.41. The predicted molar refractivity (Wildman–Crippen MR) is 135 cm³/mol. The van der Waals surface area contributed by atoms with E-state index in [0.717, 1.165) is 34.4 Å². The summed E-state index contributed by atoms with van der Waals surface area (Å²) in [6.45, 7) is 10.7. The number of carbonyl (C=O) groups is 1. The Balaban J connectivity index is 2.14. The fraction of sp³-hybridized carbons (Fsp3) is 0.417. The summed E-state index contributed by atoms with van der Waals surface area (Å²) in [7, 11) is 2.82. The van der Waals surface area contributed by atoms with Crippen LogP contribution in [-0.2, 0) is 0 Å². The third kappa shape index (κ3) is 5.13. The number of aromatic nitrogens is 1. The first kappa shape index (κ1) is 25.4. The number of anilines is 1. The van der Waals surface area contributed by atoms with E-state index >= 15 is 0 Å². The van der Waals surface area contributed by atoms with Gasteiger partial charge in [0.05, 0.1) is 35.4 Å². The topological polar surface area (TPSA) is 98.0 Å². The zero-order valence-corrected chi connectivity index (χ0v) is 21.2. The zero-order chi connectivity index (χ0) is 25.0. The van der Waals surface area contributed by atoms with Crippen molar-refractivity contribution in [3.05, 3.63) is 51.1 Å². The molecule has 0 saturated carbocycles. The van der Waals surface area contributed by atoms with Crippen molar-refractivity contribution in [2.75, 3.05) is 45.3 Å². The van der Waals surface area contributed by atoms with Crippen LogP contribution in [0.25, 0.3) is 10.2 Å². The van der Waals surface area contributed by atoms with E-state index in [9.17, 15) is 14.9 Å². The molecule has 10 heteroatoms. The average Bonchev–Trinajstić information content (AvgIpc) is 3.24. The Labute approximate surface area is 203 Å². The van der Waals surface area contributed by atoms with Crippen molar-refractivity contribution in [1.82, 2.24) is 9.88 Å². The highest BCUT2D eigenvalue weighted by Gasteiger charge is 2.30. The van der Waals surface area contributed by atoms with Crippen LogP contribution in [0.3, 0.4) is 0 Å². The normalized spacial score (nSPS) is 11.1. The minimum absolute atomic E-state index is 0.0747. The van der Waals surface area contributed by atoms with E-state index in [1.54, 1.807) is 0 Å². The fourth-order valence-corrected chi connectivity index (χ4v) is 5.04. The molecule has 0 unspecified atom stereocenters. The minimum atomic E-state index is -0.580. The maximum atomic E-state index is 13.8. The van der Waals surface area contributed by atoms with Gasteiger partial charge in [-0.3, -0.25) is 19.8 Å². The lowest BCUT2D eigenvalue weighted by atomic mass is 10.1. The molecule has 0 aliphatic rings. The number of aryl methyl sites for hydroxylation is 2. The second-order valence-electron chi connectivity index (χ2n) is 7.89. The van der Waals surface area contributed by atoms with E-state index in [4.69, 9.17) is 14.5 Å². The first-order valence-electron chi connectivity index (χ1n) is 11.1. The smallest absolute Gasteiger partial charge is 0.286 e. The maximum Gasteiger partial charge on any atom is 0.286 e. The van der Waals surface area contributed by atoms with Crippen LogP contribution in [0.4, 0.5) is 10.8 Å². The Morgan fingerprint density at radius 2 is 1.71 bits per heavy atom. The lowest BCUT2D eigenvalue weighted by Crippen LogP contribution is -2.39. The fourth-order valence-electron chi connectivity index (χ4n) is 3.88. The highest BCUT2D eigenvalue weighted by atomic mass is 32.1. The number of hydrogen-bond acceptors (Lipinski definition) is 8. The number of methoxy groups -OCH3 is 2. The van der Waals surface area contributed by atoms with Crippen LogP contribution in [0.2, 0.25) is 0 Å². The van der Waals surface area contributed by atoms with Crippen LogP contribution >= 0.6 is 11.3 Å². The number of nitro groups is 1. The number of nitro benzene ring substituents is 1. The van der Waals surface area contributed by atoms with E-state index in [1.807, 2.05) is 26.0 Å². The van der Waals surface area contributed by atoms with E-state index in [-0.39, 0.29) is 22.7 Å². The first-order valence-corrected chi connectivity index (χ1v) is 11.9. The third-order valence-corrected chi connectivity index (χ3v) is 6.78. The lowest BCUT2D eigenvalue weighted by molar-refractivity contribution is -0.385. The number of fused-ring (bicyclic) bond motifs is 1. The highest BCUT2D eigenvalue weighted by molar-refractivity contribution is 7.22. The molecule has 3 aromatic rings. The van der Waals surface area contributed by atoms with Crippen molar-refractivity contribution in [2.45, 2.75) is 27.7 Å². The first-order chi connectivity index (χ1) is 16.2. The molecule has 0 N–H and O–H groups in total. The van der Waals surface area contributed by atoms with Gasteiger partial charge in [-0.2, -0.15) is 0 Å². The molecule has 0 radical (unpaired) electrons. The summed E-state index contributed by atoms with van der Waals surface area (Å²) in [5, 5.41) is 12.4. The summed E-state index contributed by atoms with van der Waals surface area (Å²) in [4.78, 5) is 33.6. The van der Waals surface area contributed by atoms with E-state index < -0.39 is 10.8 Å². The second-order valence-corrected chi connectivity index (χ2v) is 8.90. The number of carbonyl (C=O) groups excluding carboxylic acids is 1.